The molecule has 0 fully saturated rings. The molecule has 0 amide bonds. The number of rotatable bonds is 0. The molecule has 64 valence electrons. The Balaban J connectivity index is 2.35. The normalized spacial score (nSPS) is 19.5. The van der Waals surface area contributed by atoms with Gasteiger partial charge in [0.15, 0.2) is 0 Å². The Hall–Kier alpha value is -0.803. The van der Waals surface area contributed by atoms with E-state index in [2.05, 4.69) is 24.1 Å². The molecule has 0 saturated heterocycles. The summed E-state index contributed by atoms with van der Waals surface area (Å²) in [5.74, 6) is 1.06. The monoisotopic (exact) mass is 179 g/mol. The summed E-state index contributed by atoms with van der Waals surface area (Å²) in [6.07, 6.45) is 0. The molecule has 1 aromatic carbocycles. The van der Waals surface area contributed by atoms with Crippen LogP contribution in [0.1, 0.15) is 5.56 Å². The molecular weight excluding hydrogens is 166 g/mol. The van der Waals surface area contributed by atoms with Gasteiger partial charge in [-0.3, -0.25) is 0 Å². The Morgan fingerprint density at radius 3 is 2.92 bits per heavy atom. The smallest absolute Gasteiger partial charge is 0.322 e. The number of para-hydroxylation sites is 1. The maximum atomic E-state index is 5.85. The highest BCUT2D eigenvalue weighted by Gasteiger charge is 2.29. The van der Waals surface area contributed by atoms with Crippen molar-refractivity contribution >= 4 is 8.48 Å². The topological polar surface area (TPSA) is 21.3 Å². The zero-order valence-electron chi connectivity index (χ0n) is 7.42. The van der Waals surface area contributed by atoms with Crippen molar-refractivity contribution in [2.75, 3.05) is 0 Å². The minimum atomic E-state index is -1.59. The van der Waals surface area contributed by atoms with Crippen LogP contribution in [0.2, 0.25) is 13.1 Å². The third kappa shape index (κ3) is 1.38. The first-order valence-corrected chi connectivity index (χ1v) is 7.10. The first-order chi connectivity index (χ1) is 5.67. The SMILES string of the molecule is C[Si]1(C)NCc2ccccc2O1. The maximum Gasteiger partial charge on any atom is 0.322 e. The summed E-state index contributed by atoms with van der Waals surface area (Å²) < 4.78 is 5.85. The summed E-state index contributed by atoms with van der Waals surface area (Å²) in [7, 11) is -1.59. The van der Waals surface area contributed by atoms with Gasteiger partial charge in [-0.05, 0) is 19.2 Å². The Morgan fingerprint density at radius 2 is 2.08 bits per heavy atom. The highest BCUT2D eigenvalue weighted by molar-refractivity contribution is 6.69. The third-order valence-corrected chi connectivity index (χ3v) is 3.80. The van der Waals surface area contributed by atoms with E-state index in [1.807, 2.05) is 18.2 Å². The van der Waals surface area contributed by atoms with Crippen molar-refractivity contribution in [2.24, 2.45) is 0 Å². The number of benzene rings is 1. The second-order valence-corrected chi connectivity index (χ2v) is 7.15. The average Bonchev–Trinajstić information content (AvgIpc) is 2.02. The minimum absolute atomic E-state index is 0.954. The number of fused-ring (bicyclic) bond motifs is 1. The van der Waals surface area contributed by atoms with Crippen LogP contribution in [-0.4, -0.2) is 8.48 Å². The van der Waals surface area contributed by atoms with Crippen LogP contribution in [0, 0.1) is 0 Å². The zero-order chi connectivity index (χ0) is 8.60. The predicted molar refractivity (Wildman–Crippen MR) is 51.4 cm³/mol. The van der Waals surface area contributed by atoms with E-state index in [1.54, 1.807) is 0 Å². The van der Waals surface area contributed by atoms with Crippen molar-refractivity contribution < 1.29 is 4.43 Å². The lowest BCUT2D eigenvalue weighted by molar-refractivity contribution is 0.492. The largest absolute Gasteiger partial charge is 0.530 e. The van der Waals surface area contributed by atoms with Crippen molar-refractivity contribution in [1.82, 2.24) is 4.98 Å². The molecule has 0 radical (unpaired) electrons. The maximum absolute atomic E-state index is 5.85. The van der Waals surface area contributed by atoms with Crippen molar-refractivity contribution in [2.45, 2.75) is 19.6 Å². The number of hydrogen-bond acceptors (Lipinski definition) is 2. The van der Waals surface area contributed by atoms with Crippen LogP contribution in [-0.2, 0) is 6.54 Å². The Labute approximate surface area is 73.8 Å². The molecule has 12 heavy (non-hydrogen) atoms. The van der Waals surface area contributed by atoms with Crippen LogP contribution in [0.5, 0.6) is 5.75 Å². The van der Waals surface area contributed by atoms with E-state index in [-0.39, 0.29) is 0 Å². The third-order valence-electron chi connectivity index (χ3n) is 2.04. The standard InChI is InChI=1S/C9H13NOSi/c1-12(2)10-7-8-5-3-4-6-9(8)11-12/h3-6,10H,7H2,1-2H3. The van der Waals surface area contributed by atoms with Crippen LogP contribution in [0.3, 0.4) is 0 Å². The highest BCUT2D eigenvalue weighted by atomic mass is 28.4. The van der Waals surface area contributed by atoms with Gasteiger partial charge in [0.2, 0.25) is 0 Å². The van der Waals surface area contributed by atoms with Gasteiger partial charge in [0.05, 0.1) is 0 Å². The van der Waals surface area contributed by atoms with Crippen LogP contribution >= 0.6 is 0 Å². The van der Waals surface area contributed by atoms with Gasteiger partial charge < -0.3 is 9.41 Å². The van der Waals surface area contributed by atoms with E-state index < -0.39 is 8.48 Å². The highest BCUT2D eigenvalue weighted by Crippen LogP contribution is 2.24. The van der Waals surface area contributed by atoms with E-state index in [0.717, 1.165) is 12.3 Å². The summed E-state index contributed by atoms with van der Waals surface area (Å²) in [4.78, 5) is 3.43. The van der Waals surface area contributed by atoms with Gasteiger partial charge in [0, 0.05) is 12.1 Å². The van der Waals surface area contributed by atoms with Crippen LogP contribution in [0.4, 0.5) is 0 Å². The van der Waals surface area contributed by atoms with E-state index in [4.69, 9.17) is 4.43 Å². The molecule has 1 aromatic rings. The molecule has 0 bridgehead atoms. The van der Waals surface area contributed by atoms with Crippen molar-refractivity contribution in [3.63, 3.8) is 0 Å². The zero-order valence-corrected chi connectivity index (χ0v) is 8.42. The van der Waals surface area contributed by atoms with Crippen molar-refractivity contribution in [3.05, 3.63) is 29.8 Å². The van der Waals surface area contributed by atoms with Gasteiger partial charge in [-0.1, -0.05) is 18.2 Å². The van der Waals surface area contributed by atoms with Crippen molar-refractivity contribution in [3.8, 4) is 5.75 Å². The summed E-state index contributed by atoms with van der Waals surface area (Å²) >= 11 is 0. The summed E-state index contributed by atoms with van der Waals surface area (Å²) in [5.41, 5.74) is 1.27. The summed E-state index contributed by atoms with van der Waals surface area (Å²) in [6, 6.07) is 8.22. The number of nitrogens with one attached hydrogen (secondary N) is 1. The molecule has 2 rings (SSSR count). The molecule has 0 aliphatic carbocycles. The van der Waals surface area contributed by atoms with Gasteiger partial charge in [0.25, 0.3) is 0 Å². The molecular formula is C9H13NOSi. The molecule has 0 unspecified atom stereocenters. The first-order valence-electron chi connectivity index (χ1n) is 4.19. The van der Waals surface area contributed by atoms with Crippen molar-refractivity contribution in [1.29, 1.82) is 0 Å². The van der Waals surface area contributed by atoms with E-state index >= 15 is 0 Å². The van der Waals surface area contributed by atoms with Gasteiger partial charge >= 0.3 is 8.48 Å². The second kappa shape index (κ2) is 2.60. The summed E-state index contributed by atoms with van der Waals surface area (Å²) in [5, 5.41) is 0. The molecule has 3 heteroatoms. The lowest BCUT2D eigenvalue weighted by atomic mass is 10.2. The van der Waals surface area contributed by atoms with E-state index in [0.29, 0.717) is 0 Å². The number of hydrogen-bond donors (Lipinski definition) is 1. The fraction of sp³-hybridized carbons (Fsp3) is 0.333. The van der Waals surface area contributed by atoms with E-state index in [9.17, 15) is 0 Å². The summed E-state index contributed by atoms with van der Waals surface area (Å²) in [6.45, 7) is 5.29. The van der Waals surface area contributed by atoms with Gasteiger partial charge in [0.1, 0.15) is 5.75 Å². The quantitative estimate of drug-likeness (QED) is 0.614. The predicted octanol–water partition coefficient (Wildman–Crippen LogP) is 1.87. The average molecular weight is 179 g/mol. The van der Waals surface area contributed by atoms with Gasteiger partial charge in [-0.2, -0.15) is 0 Å². The Morgan fingerprint density at radius 1 is 1.33 bits per heavy atom. The first kappa shape index (κ1) is 7.83. The molecule has 2 nitrogen and oxygen atoms in total. The molecule has 0 atom stereocenters. The fourth-order valence-corrected chi connectivity index (χ4v) is 2.81. The van der Waals surface area contributed by atoms with Crippen LogP contribution in [0.25, 0.3) is 0 Å². The molecule has 1 N–H and O–H groups in total. The van der Waals surface area contributed by atoms with Gasteiger partial charge in [-0.15, -0.1) is 0 Å². The fourth-order valence-electron chi connectivity index (χ4n) is 1.37. The molecule has 1 aliphatic heterocycles. The van der Waals surface area contributed by atoms with Crippen LogP contribution < -0.4 is 9.41 Å². The second-order valence-electron chi connectivity index (χ2n) is 3.57. The van der Waals surface area contributed by atoms with Gasteiger partial charge in [-0.25, -0.2) is 0 Å². The molecule has 1 heterocycles. The molecule has 0 spiro atoms. The van der Waals surface area contributed by atoms with Crippen LogP contribution in [0.15, 0.2) is 24.3 Å². The van der Waals surface area contributed by atoms with E-state index in [1.165, 1.54) is 5.56 Å². The Kier molecular flexibility index (Phi) is 1.70. The lowest BCUT2D eigenvalue weighted by Crippen LogP contribution is -2.52. The molecule has 1 aliphatic rings. The molecule has 0 saturated carbocycles. The Bertz CT molecular complexity index is 298. The minimum Gasteiger partial charge on any atom is -0.530 e. The molecule has 0 aromatic heterocycles. The lowest BCUT2D eigenvalue weighted by Gasteiger charge is -2.31.